The molecule has 0 saturated heterocycles. The van der Waals surface area contributed by atoms with E-state index in [1.165, 1.54) is 167 Å². The Morgan fingerprint density at radius 3 is 0.860 bits per heavy atom. The van der Waals surface area contributed by atoms with Gasteiger partial charge in [-0.15, -0.1) is 0 Å². The molecule has 0 spiro atoms. The first-order valence-corrected chi connectivity index (χ1v) is 21.8. The van der Waals surface area contributed by atoms with Gasteiger partial charge in [0.1, 0.15) is 0 Å². The van der Waals surface area contributed by atoms with Crippen LogP contribution in [0.1, 0.15) is 194 Å². The maximum Gasteiger partial charge on any atom is 0.0701 e. The Kier molecular flexibility index (Phi) is 42.9. The van der Waals surface area contributed by atoms with Gasteiger partial charge in [0.25, 0.3) is 0 Å². The molecule has 2 N–H and O–H groups in total. The van der Waals surface area contributed by atoms with Crippen molar-refractivity contribution in [1.29, 1.82) is 0 Å². The predicted octanol–water partition coefficient (Wildman–Crippen LogP) is 11.0. The lowest BCUT2D eigenvalue weighted by atomic mass is 9.92. The summed E-state index contributed by atoms with van der Waals surface area (Å²) in [6.07, 6.45) is 37.7. The zero-order valence-electron chi connectivity index (χ0n) is 33.7. The lowest BCUT2D eigenvalue weighted by Gasteiger charge is -2.31. The van der Waals surface area contributed by atoms with Crippen LogP contribution in [0.4, 0.5) is 0 Å². The lowest BCUT2D eigenvalue weighted by molar-refractivity contribution is -0.0993. The fourth-order valence-corrected chi connectivity index (χ4v) is 6.43. The Bertz CT molecular complexity index is 570. The van der Waals surface area contributed by atoms with Crippen molar-refractivity contribution in [3.05, 3.63) is 0 Å². The molecule has 0 saturated carbocycles. The van der Waals surface area contributed by atoms with Gasteiger partial charge < -0.3 is 33.9 Å². The van der Waals surface area contributed by atoms with Crippen LogP contribution in [0.2, 0.25) is 0 Å². The first-order valence-electron chi connectivity index (χ1n) is 21.8. The van der Waals surface area contributed by atoms with Crippen molar-refractivity contribution >= 4 is 0 Å². The van der Waals surface area contributed by atoms with Crippen molar-refractivity contribution in [1.82, 2.24) is 0 Å². The fraction of sp³-hybridized carbons (Fsp3) is 1.00. The van der Waals surface area contributed by atoms with Crippen LogP contribution < -0.4 is 0 Å². The molecule has 50 heavy (non-hydrogen) atoms. The Morgan fingerprint density at radius 2 is 0.560 bits per heavy atom. The van der Waals surface area contributed by atoms with Crippen molar-refractivity contribution in [3.8, 4) is 0 Å². The van der Waals surface area contributed by atoms with E-state index < -0.39 is 5.41 Å². The summed E-state index contributed by atoms with van der Waals surface area (Å²) in [5.74, 6) is 0. The van der Waals surface area contributed by atoms with Crippen LogP contribution in [-0.2, 0) is 23.7 Å². The first kappa shape index (κ1) is 49.7. The highest BCUT2D eigenvalue weighted by molar-refractivity contribution is 4.78. The van der Waals surface area contributed by atoms with Gasteiger partial charge in [0.05, 0.1) is 71.5 Å². The van der Waals surface area contributed by atoms with Crippen molar-refractivity contribution in [2.24, 2.45) is 5.41 Å². The van der Waals surface area contributed by atoms with Gasteiger partial charge in [0, 0.05) is 13.2 Å². The number of aliphatic hydroxyl groups excluding tert-OH is 2. The monoisotopic (exact) mass is 717 g/mol. The summed E-state index contributed by atoms with van der Waals surface area (Å²) < 4.78 is 29.0. The fourth-order valence-electron chi connectivity index (χ4n) is 6.43. The summed E-state index contributed by atoms with van der Waals surface area (Å²) in [5.41, 5.74) is -0.559. The van der Waals surface area contributed by atoms with Crippen molar-refractivity contribution in [2.45, 2.75) is 194 Å². The molecule has 0 aromatic heterocycles. The molecule has 0 unspecified atom stereocenters. The maximum atomic E-state index is 10.4. The van der Waals surface area contributed by atoms with E-state index in [4.69, 9.17) is 28.8 Å². The molecule has 0 rings (SSSR count). The van der Waals surface area contributed by atoms with Gasteiger partial charge in [-0.25, -0.2) is 0 Å². The highest BCUT2D eigenvalue weighted by Gasteiger charge is 2.31. The van der Waals surface area contributed by atoms with Crippen molar-refractivity contribution in [2.75, 3.05) is 79.3 Å². The third kappa shape index (κ3) is 37.5. The van der Waals surface area contributed by atoms with Crippen LogP contribution in [0.5, 0.6) is 0 Å². The Labute approximate surface area is 311 Å². The molecule has 0 bridgehead atoms. The van der Waals surface area contributed by atoms with Gasteiger partial charge in [-0.2, -0.15) is 0 Å². The largest absolute Gasteiger partial charge is 0.396 e. The third-order valence-corrected chi connectivity index (χ3v) is 9.82. The second-order valence-corrected chi connectivity index (χ2v) is 15.0. The summed E-state index contributed by atoms with van der Waals surface area (Å²) >= 11 is 0. The van der Waals surface area contributed by atoms with Gasteiger partial charge in [-0.3, -0.25) is 0 Å². The SMILES string of the molecule is CCCCCCCCCCCCCCCCOCC(CO)(COCCCCCCCCCCCCCCCC)COCCOCCOCCO. The first-order chi connectivity index (χ1) is 24.7. The van der Waals surface area contributed by atoms with Gasteiger partial charge in [0.2, 0.25) is 0 Å². The molecule has 0 radical (unpaired) electrons. The molecule has 0 aliphatic heterocycles. The van der Waals surface area contributed by atoms with E-state index in [-0.39, 0.29) is 13.2 Å². The zero-order chi connectivity index (χ0) is 36.3. The van der Waals surface area contributed by atoms with Gasteiger partial charge in [-0.05, 0) is 12.8 Å². The molecule has 0 aromatic carbocycles. The molecule has 7 nitrogen and oxygen atoms in total. The summed E-state index contributed by atoms with van der Waals surface area (Å²) in [4.78, 5) is 0. The van der Waals surface area contributed by atoms with Gasteiger partial charge in [0.15, 0.2) is 0 Å². The molecular formula is C43H88O7. The number of ether oxygens (including phenoxy) is 5. The van der Waals surface area contributed by atoms with E-state index in [1.807, 2.05) is 0 Å². The second kappa shape index (κ2) is 43.1. The molecule has 0 aliphatic rings. The Hall–Kier alpha value is -0.280. The highest BCUT2D eigenvalue weighted by Crippen LogP contribution is 2.20. The molecule has 302 valence electrons. The minimum absolute atomic E-state index is 0.0231. The van der Waals surface area contributed by atoms with Crippen molar-refractivity contribution < 1.29 is 33.9 Å². The van der Waals surface area contributed by atoms with Crippen LogP contribution in [0.25, 0.3) is 0 Å². The van der Waals surface area contributed by atoms with E-state index in [0.29, 0.717) is 52.9 Å². The summed E-state index contributed by atoms with van der Waals surface area (Å²) in [5, 5.41) is 19.2. The van der Waals surface area contributed by atoms with Gasteiger partial charge in [-0.1, -0.05) is 181 Å². The van der Waals surface area contributed by atoms with Crippen LogP contribution in [-0.4, -0.2) is 89.5 Å². The highest BCUT2D eigenvalue weighted by atomic mass is 16.5. The molecule has 0 fully saturated rings. The Balaban J connectivity index is 4.11. The molecule has 0 aliphatic carbocycles. The van der Waals surface area contributed by atoms with Crippen LogP contribution >= 0.6 is 0 Å². The average molecular weight is 717 g/mol. The van der Waals surface area contributed by atoms with Crippen LogP contribution in [0, 0.1) is 5.41 Å². The molecule has 0 heterocycles. The minimum atomic E-state index is -0.559. The molecular weight excluding hydrogens is 628 g/mol. The summed E-state index contributed by atoms with van der Waals surface area (Å²) in [7, 11) is 0. The Morgan fingerprint density at radius 1 is 0.300 bits per heavy atom. The number of aliphatic hydroxyl groups is 2. The predicted molar refractivity (Wildman–Crippen MR) is 211 cm³/mol. The minimum Gasteiger partial charge on any atom is -0.396 e. The van der Waals surface area contributed by atoms with Crippen LogP contribution in [0.15, 0.2) is 0 Å². The normalized spacial score (nSPS) is 12.0. The molecule has 7 heteroatoms. The smallest absolute Gasteiger partial charge is 0.0701 e. The quantitative estimate of drug-likeness (QED) is 0.0607. The topological polar surface area (TPSA) is 86.6 Å². The van der Waals surface area contributed by atoms with Crippen LogP contribution in [0.3, 0.4) is 0 Å². The van der Waals surface area contributed by atoms with E-state index in [2.05, 4.69) is 13.8 Å². The van der Waals surface area contributed by atoms with E-state index >= 15 is 0 Å². The second-order valence-electron chi connectivity index (χ2n) is 15.0. The summed E-state index contributed by atoms with van der Waals surface area (Å²) in [6, 6.07) is 0. The standard InChI is InChI=1S/C43H88O7/c1-3-5-7-9-11-13-15-17-19-21-23-25-27-29-32-48-40-43(39-45,42-50-38-37-47-36-35-46-34-31-44)41-49-33-30-28-26-24-22-20-18-16-14-12-10-8-6-4-2/h44-45H,3-42H2,1-2H3. The van der Waals surface area contributed by atoms with E-state index in [1.54, 1.807) is 0 Å². The number of hydrogen-bond acceptors (Lipinski definition) is 7. The zero-order valence-corrected chi connectivity index (χ0v) is 33.7. The molecule has 0 aromatic rings. The maximum absolute atomic E-state index is 10.4. The third-order valence-electron chi connectivity index (χ3n) is 9.82. The molecule has 0 atom stereocenters. The number of rotatable bonds is 45. The lowest BCUT2D eigenvalue weighted by Crippen LogP contribution is -2.41. The van der Waals surface area contributed by atoms with E-state index in [0.717, 1.165) is 26.1 Å². The number of unbranched alkanes of at least 4 members (excludes halogenated alkanes) is 26. The molecule has 0 amide bonds. The van der Waals surface area contributed by atoms with Gasteiger partial charge >= 0.3 is 0 Å². The summed E-state index contributed by atoms with van der Waals surface area (Å²) in [6.45, 7) is 9.43. The average Bonchev–Trinajstić information content (AvgIpc) is 3.13. The number of hydrogen-bond donors (Lipinski definition) is 2. The van der Waals surface area contributed by atoms with Crippen molar-refractivity contribution in [3.63, 3.8) is 0 Å². The van der Waals surface area contributed by atoms with E-state index in [9.17, 15) is 5.11 Å².